The van der Waals surface area contributed by atoms with E-state index in [9.17, 15) is 9.59 Å². The smallest absolute Gasteiger partial charge is 0.319 e. The Morgan fingerprint density at radius 3 is 2.96 bits per heavy atom. The molecule has 0 aliphatic carbocycles. The van der Waals surface area contributed by atoms with Crippen molar-refractivity contribution in [2.24, 2.45) is 0 Å². The number of carbonyl (C=O) groups excluding carboxylic acids is 2. The first-order valence-electron chi connectivity index (χ1n) is 9.84. The summed E-state index contributed by atoms with van der Waals surface area (Å²) >= 11 is 0. The van der Waals surface area contributed by atoms with Crippen molar-refractivity contribution in [3.05, 3.63) is 29.8 Å². The highest BCUT2D eigenvalue weighted by Gasteiger charge is 2.22. The molecule has 0 unspecified atom stereocenters. The van der Waals surface area contributed by atoms with E-state index in [2.05, 4.69) is 16.0 Å². The third-order valence-electron chi connectivity index (χ3n) is 4.87. The first-order chi connectivity index (χ1) is 13.2. The fraction of sp³-hybridized carbons (Fsp3) is 0.600. The molecular weight excluding hydrogens is 346 g/mol. The van der Waals surface area contributed by atoms with Gasteiger partial charge >= 0.3 is 6.03 Å². The minimum atomic E-state index is -0.477. The van der Waals surface area contributed by atoms with Crippen LogP contribution in [0.2, 0.25) is 0 Å². The van der Waals surface area contributed by atoms with Gasteiger partial charge in [-0.15, -0.1) is 0 Å². The molecular formula is C20H29N3O4. The van der Waals surface area contributed by atoms with E-state index in [1.54, 1.807) is 0 Å². The van der Waals surface area contributed by atoms with Crippen LogP contribution in [0.4, 0.5) is 10.5 Å². The number of ether oxygens (including phenoxy) is 2. The summed E-state index contributed by atoms with van der Waals surface area (Å²) in [5.41, 5.74) is 1.66. The van der Waals surface area contributed by atoms with Crippen LogP contribution in [0.15, 0.2) is 24.3 Å². The van der Waals surface area contributed by atoms with Crippen LogP contribution in [0.1, 0.15) is 44.1 Å². The van der Waals surface area contributed by atoms with E-state index < -0.39 is 6.04 Å². The highest BCUT2D eigenvalue weighted by atomic mass is 16.5. The number of hydrogen-bond donors (Lipinski definition) is 3. The molecule has 2 saturated heterocycles. The van der Waals surface area contributed by atoms with Gasteiger partial charge in [-0.2, -0.15) is 0 Å². The summed E-state index contributed by atoms with van der Waals surface area (Å²) in [5, 5.41) is 8.37. The minimum Gasteiger partial charge on any atom is -0.376 e. The van der Waals surface area contributed by atoms with Gasteiger partial charge in [-0.05, 0) is 56.2 Å². The van der Waals surface area contributed by atoms with Gasteiger partial charge in [0, 0.05) is 18.8 Å². The van der Waals surface area contributed by atoms with Gasteiger partial charge in [-0.25, -0.2) is 4.79 Å². The van der Waals surface area contributed by atoms with Crippen LogP contribution < -0.4 is 16.0 Å². The van der Waals surface area contributed by atoms with Crippen LogP contribution in [0, 0.1) is 0 Å². The fourth-order valence-corrected chi connectivity index (χ4v) is 3.39. The number of amides is 3. The highest BCUT2D eigenvalue weighted by Crippen LogP contribution is 2.15. The van der Waals surface area contributed by atoms with E-state index in [0.717, 1.165) is 37.9 Å². The average molecular weight is 375 g/mol. The maximum absolute atomic E-state index is 12.2. The molecule has 3 amide bonds. The molecule has 3 N–H and O–H groups in total. The number of carbonyl (C=O) groups is 2. The predicted octanol–water partition coefficient (Wildman–Crippen LogP) is 2.56. The zero-order chi connectivity index (χ0) is 18.9. The Morgan fingerprint density at radius 2 is 2.11 bits per heavy atom. The number of nitrogens with one attached hydrogen (secondary N) is 3. The van der Waals surface area contributed by atoms with Gasteiger partial charge in [0.2, 0.25) is 5.91 Å². The number of urea groups is 1. The van der Waals surface area contributed by atoms with Gasteiger partial charge in [0.15, 0.2) is 0 Å². The van der Waals surface area contributed by atoms with Crippen LogP contribution in [0.25, 0.3) is 0 Å². The molecule has 2 heterocycles. The second-order valence-corrected chi connectivity index (χ2v) is 7.14. The Balaban J connectivity index is 1.44. The number of anilines is 1. The first kappa shape index (κ1) is 19.6. The zero-order valence-electron chi connectivity index (χ0n) is 15.7. The molecule has 2 aliphatic heterocycles. The van der Waals surface area contributed by atoms with Crippen molar-refractivity contribution < 1.29 is 19.1 Å². The van der Waals surface area contributed by atoms with Gasteiger partial charge in [0.05, 0.1) is 19.3 Å². The van der Waals surface area contributed by atoms with Crippen LogP contribution in [0.3, 0.4) is 0 Å². The van der Waals surface area contributed by atoms with Crippen LogP contribution >= 0.6 is 0 Å². The molecule has 148 valence electrons. The van der Waals surface area contributed by atoms with Crippen molar-refractivity contribution in [3.8, 4) is 0 Å². The van der Waals surface area contributed by atoms with Gasteiger partial charge in [-0.3, -0.25) is 4.79 Å². The van der Waals surface area contributed by atoms with E-state index in [4.69, 9.17) is 9.47 Å². The molecule has 1 aromatic rings. The topological polar surface area (TPSA) is 88.7 Å². The van der Waals surface area contributed by atoms with Crippen LogP contribution in [0.5, 0.6) is 0 Å². The zero-order valence-corrected chi connectivity index (χ0v) is 15.7. The van der Waals surface area contributed by atoms with Crippen molar-refractivity contribution in [1.29, 1.82) is 0 Å². The molecule has 27 heavy (non-hydrogen) atoms. The lowest BCUT2D eigenvalue weighted by atomic mass is 10.1. The molecule has 2 atom stereocenters. The molecule has 2 aliphatic rings. The Bertz CT molecular complexity index is 631. The quantitative estimate of drug-likeness (QED) is 0.713. The van der Waals surface area contributed by atoms with Crippen molar-refractivity contribution >= 4 is 17.6 Å². The van der Waals surface area contributed by atoms with E-state index in [0.29, 0.717) is 31.9 Å². The highest BCUT2D eigenvalue weighted by molar-refractivity contribution is 5.93. The van der Waals surface area contributed by atoms with E-state index in [1.165, 1.54) is 6.42 Å². The lowest BCUT2D eigenvalue weighted by molar-refractivity contribution is -0.122. The summed E-state index contributed by atoms with van der Waals surface area (Å²) in [5.74, 6) is -0.116. The van der Waals surface area contributed by atoms with Gasteiger partial charge in [0.25, 0.3) is 0 Å². The maximum Gasteiger partial charge on any atom is 0.319 e. The predicted molar refractivity (Wildman–Crippen MR) is 102 cm³/mol. The third kappa shape index (κ3) is 6.52. The van der Waals surface area contributed by atoms with Gasteiger partial charge < -0.3 is 25.4 Å². The van der Waals surface area contributed by atoms with Crippen molar-refractivity contribution in [2.75, 3.05) is 25.1 Å². The Hall–Kier alpha value is -2.12. The van der Waals surface area contributed by atoms with Crippen molar-refractivity contribution in [2.45, 2.75) is 57.3 Å². The molecule has 0 spiro atoms. The molecule has 0 bridgehead atoms. The largest absolute Gasteiger partial charge is 0.376 e. The third-order valence-corrected chi connectivity index (χ3v) is 4.87. The van der Waals surface area contributed by atoms with Crippen molar-refractivity contribution in [1.82, 2.24) is 10.6 Å². The summed E-state index contributed by atoms with van der Waals surface area (Å²) in [4.78, 5) is 24.1. The van der Waals surface area contributed by atoms with Crippen molar-refractivity contribution in [3.63, 3.8) is 0 Å². The minimum absolute atomic E-state index is 0.116. The summed E-state index contributed by atoms with van der Waals surface area (Å²) < 4.78 is 11.4. The van der Waals surface area contributed by atoms with Crippen LogP contribution in [-0.2, 0) is 20.9 Å². The monoisotopic (exact) mass is 375 g/mol. The molecule has 2 fully saturated rings. The Kier molecular flexibility index (Phi) is 7.47. The molecule has 7 nitrogen and oxygen atoms in total. The fourth-order valence-electron chi connectivity index (χ4n) is 3.39. The summed E-state index contributed by atoms with van der Waals surface area (Å²) in [6.07, 6.45) is 6.10. The Labute approximate surface area is 160 Å². The Morgan fingerprint density at radius 1 is 1.22 bits per heavy atom. The van der Waals surface area contributed by atoms with E-state index >= 15 is 0 Å². The first-order valence-corrected chi connectivity index (χ1v) is 9.84. The number of benzene rings is 1. The van der Waals surface area contributed by atoms with Gasteiger partial charge in [-0.1, -0.05) is 12.1 Å². The molecule has 0 radical (unpaired) electrons. The molecule has 3 rings (SSSR count). The normalized spacial score (nSPS) is 23.2. The lowest BCUT2D eigenvalue weighted by Crippen LogP contribution is -2.47. The van der Waals surface area contributed by atoms with E-state index in [1.807, 2.05) is 24.3 Å². The molecule has 0 saturated carbocycles. The lowest BCUT2D eigenvalue weighted by Gasteiger charge is -2.22. The second-order valence-electron chi connectivity index (χ2n) is 7.14. The van der Waals surface area contributed by atoms with E-state index in [-0.39, 0.29) is 18.0 Å². The standard InChI is InChI=1S/C20H29N3O4/c24-19-18(9-1-3-10-21-19)23-20(25)22-16-7-5-6-15(12-16)13-26-14-17-8-2-4-11-27-17/h5-7,12,17-18H,1-4,8-11,13-14H2,(H,21,24)(H2,22,23,25)/t17-,18-/m0/s1. The maximum atomic E-state index is 12.2. The SMILES string of the molecule is O=C(Nc1cccc(COC[C@@H]2CCCCO2)c1)N[C@H]1CCCCNC1=O. The van der Waals surface area contributed by atoms with Crippen LogP contribution in [-0.4, -0.2) is 43.8 Å². The molecule has 7 heteroatoms. The number of rotatable bonds is 6. The summed E-state index contributed by atoms with van der Waals surface area (Å²) in [6, 6.07) is 6.70. The summed E-state index contributed by atoms with van der Waals surface area (Å²) in [7, 11) is 0. The second kappa shape index (κ2) is 10.3. The number of hydrogen-bond acceptors (Lipinski definition) is 4. The molecule has 0 aromatic heterocycles. The summed E-state index contributed by atoms with van der Waals surface area (Å²) in [6.45, 7) is 2.56. The molecule has 1 aromatic carbocycles. The average Bonchev–Trinajstić information content (AvgIpc) is 2.87. The van der Waals surface area contributed by atoms with Gasteiger partial charge in [0.1, 0.15) is 6.04 Å².